The van der Waals surface area contributed by atoms with Gasteiger partial charge in [0.15, 0.2) is 6.10 Å². The summed E-state index contributed by atoms with van der Waals surface area (Å²) in [7, 11) is 0. The molecule has 0 heterocycles. The molecule has 0 aliphatic rings. The van der Waals surface area contributed by atoms with Crippen LogP contribution in [-0.4, -0.2) is 34.4 Å². The number of rotatable bonds is 4. The van der Waals surface area contributed by atoms with Crippen LogP contribution in [0.15, 0.2) is 0 Å². The lowest BCUT2D eigenvalue weighted by atomic mass is 10.1. The Morgan fingerprint density at radius 3 is 2.00 bits per heavy atom. The van der Waals surface area contributed by atoms with Crippen LogP contribution < -0.4 is 0 Å². The summed E-state index contributed by atoms with van der Waals surface area (Å²) in [5.74, 6) is -3.27. The van der Waals surface area contributed by atoms with Crippen molar-refractivity contribution in [3.05, 3.63) is 0 Å². The minimum absolute atomic E-state index is 0.358. The molecule has 2 N–H and O–H groups in total. The van der Waals surface area contributed by atoms with E-state index < -0.39 is 24.0 Å². The van der Waals surface area contributed by atoms with Crippen LogP contribution in [0.1, 0.15) is 20.8 Å². The van der Waals surface area contributed by atoms with Crippen molar-refractivity contribution in [1.29, 1.82) is 0 Å². The highest BCUT2D eigenvalue weighted by Crippen LogP contribution is 2.06. The van der Waals surface area contributed by atoms with Crippen LogP contribution in [0.2, 0.25) is 0 Å². The van der Waals surface area contributed by atoms with Gasteiger partial charge in [0.1, 0.15) is 0 Å². The van der Waals surface area contributed by atoms with Crippen molar-refractivity contribution in [2.24, 2.45) is 5.92 Å². The molecule has 2 unspecified atom stereocenters. The lowest BCUT2D eigenvalue weighted by Gasteiger charge is -2.15. The van der Waals surface area contributed by atoms with Gasteiger partial charge in [0.05, 0.1) is 12.0 Å². The van der Waals surface area contributed by atoms with Crippen LogP contribution in [0, 0.1) is 5.92 Å². The summed E-state index contributed by atoms with van der Waals surface area (Å²) in [5, 5.41) is 17.6. The highest BCUT2D eigenvalue weighted by molar-refractivity contribution is 5.82. The van der Waals surface area contributed by atoms with Gasteiger partial charge in [-0.3, -0.25) is 4.79 Å². The van der Waals surface area contributed by atoms with Gasteiger partial charge in [-0.1, -0.05) is 0 Å². The highest BCUT2D eigenvalue weighted by Gasteiger charge is 2.29. The van der Waals surface area contributed by atoms with E-state index in [0.717, 1.165) is 0 Å². The second-order valence-corrected chi connectivity index (χ2v) is 3.06. The van der Waals surface area contributed by atoms with Gasteiger partial charge in [-0.25, -0.2) is 4.79 Å². The predicted molar refractivity (Wildman–Crippen MR) is 44.0 cm³/mol. The molecule has 13 heavy (non-hydrogen) atoms. The second-order valence-electron chi connectivity index (χ2n) is 3.06. The van der Waals surface area contributed by atoms with Gasteiger partial charge >= 0.3 is 11.9 Å². The Balaban J connectivity index is 4.17. The summed E-state index contributed by atoms with van der Waals surface area (Å²) in [6, 6.07) is 0. The SMILES string of the molecule is CC(C)OC(=O)C(O)C(C)C(=O)O. The molecule has 0 radical (unpaired) electrons. The molecule has 0 saturated carbocycles. The maximum Gasteiger partial charge on any atom is 0.336 e. The van der Waals surface area contributed by atoms with E-state index in [2.05, 4.69) is 4.74 Å². The fraction of sp³-hybridized carbons (Fsp3) is 0.750. The quantitative estimate of drug-likeness (QED) is 0.610. The largest absolute Gasteiger partial charge is 0.481 e. The number of ether oxygens (including phenoxy) is 1. The molecule has 0 bridgehead atoms. The molecule has 0 rings (SSSR count). The number of hydrogen-bond donors (Lipinski definition) is 2. The van der Waals surface area contributed by atoms with Crippen molar-refractivity contribution in [2.45, 2.75) is 33.0 Å². The van der Waals surface area contributed by atoms with Crippen molar-refractivity contribution in [2.75, 3.05) is 0 Å². The van der Waals surface area contributed by atoms with Crippen LogP contribution in [0.3, 0.4) is 0 Å². The lowest BCUT2D eigenvalue weighted by Crippen LogP contribution is -2.35. The first-order chi connectivity index (χ1) is 5.86. The summed E-state index contributed by atoms with van der Waals surface area (Å²) in [6.45, 7) is 4.49. The Morgan fingerprint density at radius 1 is 1.23 bits per heavy atom. The molecule has 0 aromatic rings. The van der Waals surface area contributed by atoms with Gasteiger partial charge < -0.3 is 14.9 Å². The third-order valence-corrected chi connectivity index (χ3v) is 1.46. The minimum atomic E-state index is -1.60. The highest BCUT2D eigenvalue weighted by atomic mass is 16.6. The van der Waals surface area contributed by atoms with Crippen LogP contribution >= 0.6 is 0 Å². The Kier molecular flexibility index (Phi) is 4.40. The van der Waals surface area contributed by atoms with Crippen molar-refractivity contribution in [3.63, 3.8) is 0 Å². The number of esters is 1. The van der Waals surface area contributed by atoms with E-state index in [0.29, 0.717) is 0 Å². The van der Waals surface area contributed by atoms with E-state index >= 15 is 0 Å². The van der Waals surface area contributed by atoms with Crippen molar-refractivity contribution < 1.29 is 24.5 Å². The summed E-state index contributed by atoms with van der Waals surface area (Å²) in [4.78, 5) is 21.3. The molecule has 0 aromatic heterocycles. The van der Waals surface area contributed by atoms with Gasteiger partial charge in [-0.05, 0) is 20.8 Å². The van der Waals surface area contributed by atoms with Gasteiger partial charge in [-0.15, -0.1) is 0 Å². The van der Waals surface area contributed by atoms with Crippen LogP contribution in [-0.2, 0) is 14.3 Å². The van der Waals surface area contributed by atoms with E-state index in [9.17, 15) is 9.59 Å². The van der Waals surface area contributed by atoms with E-state index in [1.165, 1.54) is 6.92 Å². The van der Waals surface area contributed by atoms with E-state index in [1.807, 2.05) is 0 Å². The fourth-order valence-corrected chi connectivity index (χ4v) is 0.641. The summed E-state index contributed by atoms with van der Waals surface area (Å²) in [5.41, 5.74) is 0. The zero-order valence-corrected chi connectivity index (χ0v) is 7.85. The van der Waals surface area contributed by atoms with Gasteiger partial charge in [-0.2, -0.15) is 0 Å². The van der Waals surface area contributed by atoms with Crippen molar-refractivity contribution >= 4 is 11.9 Å². The summed E-state index contributed by atoms with van der Waals surface area (Å²) in [6.07, 6.45) is -1.96. The smallest absolute Gasteiger partial charge is 0.336 e. The standard InChI is InChI=1S/C8H14O5/c1-4(2)13-8(12)6(9)5(3)7(10)11/h4-6,9H,1-3H3,(H,10,11). The molecule has 0 aliphatic carbocycles. The zero-order valence-electron chi connectivity index (χ0n) is 7.85. The molecular formula is C8H14O5. The Bertz CT molecular complexity index is 199. The second kappa shape index (κ2) is 4.81. The molecule has 0 aliphatic heterocycles. The average molecular weight is 190 g/mol. The first-order valence-electron chi connectivity index (χ1n) is 3.97. The zero-order chi connectivity index (χ0) is 10.6. The van der Waals surface area contributed by atoms with E-state index in [1.54, 1.807) is 13.8 Å². The van der Waals surface area contributed by atoms with E-state index in [4.69, 9.17) is 10.2 Å². The Hall–Kier alpha value is -1.10. The van der Waals surface area contributed by atoms with Crippen LogP contribution in [0.5, 0.6) is 0 Å². The van der Waals surface area contributed by atoms with E-state index in [-0.39, 0.29) is 6.10 Å². The monoisotopic (exact) mass is 190 g/mol. The molecule has 2 atom stereocenters. The number of carboxylic acid groups (broad SMARTS) is 1. The molecule has 5 heteroatoms. The topological polar surface area (TPSA) is 83.8 Å². The number of hydrogen-bond acceptors (Lipinski definition) is 4. The molecule has 0 aromatic carbocycles. The fourth-order valence-electron chi connectivity index (χ4n) is 0.641. The van der Waals surface area contributed by atoms with Gasteiger partial charge in [0, 0.05) is 0 Å². The van der Waals surface area contributed by atoms with Gasteiger partial charge in [0.25, 0.3) is 0 Å². The Labute approximate surface area is 76.3 Å². The summed E-state index contributed by atoms with van der Waals surface area (Å²) >= 11 is 0. The molecule has 0 spiro atoms. The number of carbonyl (C=O) groups is 2. The predicted octanol–water partition coefficient (Wildman–Crippen LogP) is 0.0196. The lowest BCUT2D eigenvalue weighted by molar-refractivity contribution is -0.166. The minimum Gasteiger partial charge on any atom is -0.481 e. The van der Waals surface area contributed by atoms with Crippen molar-refractivity contribution in [1.82, 2.24) is 0 Å². The maximum atomic E-state index is 11.0. The first-order valence-corrected chi connectivity index (χ1v) is 3.97. The molecular weight excluding hydrogens is 176 g/mol. The first kappa shape index (κ1) is 11.9. The molecule has 0 saturated heterocycles. The summed E-state index contributed by atoms with van der Waals surface area (Å²) < 4.78 is 4.63. The molecule has 76 valence electrons. The maximum absolute atomic E-state index is 11.0. The van der Waals surface area contributed by atoms with Crippen LogP contribution in [0.25, 0.3) is 0 Å². The number of carboxylic acids is 1. The number of aliphatic hydroxyl groups excluding tert-OH is 1. The molecule has 0 amide bonds. The number of aliphatic carboxylic acids is 1. The normalized spacial score (nSPS) is 15.2. The van der Waals surface area contributed by atoms with Gasteiger partial charge in [0.2, 0.25) is 0 Å². The number of aliphatic hydroxyl groups is 1. The molecule has 0 fully saturated rings. The third-order valence-electron chi connectivity index (χ3n) is 1.46. The third kappa shape index (κ3) is 3.89. The molecule has 5 nitrogen and oxygen atoms in total. The van der Waals surface area contributed by atoms with Crippen LogP contribution in [0.4, 0.5) is 0 Å². The van der Waals surface area contributed by atoms with Crippen molar-refractivity contribution in [3.8, 4) is 0 Å². The Morgan fingerprint density at radius 2 is 1.69 bits per heavy atom. The average Bonchev–Trinajstić information content (AvgIpc) is 2.00. The number of carbonyl (C=O) groups excluding carboxylic acids is 1.